The molecule has 76 valence electrons. The normalized spacial score (nSPS) is 21.8. The lowest BCUT2D eigenvalue weighted by molar-refractivity contribution is -0.120. The number of rotatable bonds is 3. The average molecular weight is 192 g/mol. The Morgan fingerprint density at radius 3 is 3.07 bits per heavy atom. The molecule has 1 fully saturated rings. The summed E-state index contributed by atoms with van der Waals surface area (Å²) in [6, 6.07) is 0. The minimum atomic E-state index is 0.329. The van der Waals surface area contributed by atoms with E-state index >= 15 is 0 Å². The van der Waals surface area contributed by atoms with E-state index in [1.807, 2.05) is 24.1 Å². The van der Waals surface area contributed by atoms with Crippen molar-refractivity contribution in [3.8, 4) is 0 Å². The summed E-state index contributed by atoms with van der Waals surface area (Å²) >= 11 is 0. The van der Waals surface area contributed by atoms with Crippen LogP contribution >= 0.6 is 0 Å². The lowest BCUT2D eigenvalue weighted by atomic mass is 9.99. The molecule has 0 bridgehead atoms. The van der Waals surface area contributed by atoms with Crippen LogP contribution in [0.2, 0.25) is 0 Å². The lowest BCUT2D eigenvalue weighted by Gasteiger charge is -2.05. The summed E-state index contributed by atoms with van der Waals surface area (Å²) < 4.78 is 1.81. The van der Waals surface area contributed by atoms with E-state index in [2.05, 4.69) is 5.10 Å². The van der Waals surface area contributed by atoms with Crippen molar-refractivity contribution in [1.82, 2.24) is 9.78 Å². The summed E-state index contributed by atoms with van der Waals surface area (Å²) in [5.41, 5.74) is 1.24. The van der Waals surface area contributed by atoms with Gasteiger partial charge in [0.15, 0.2) is 0 Å². The van der Waals surface area contributed by atoms with Crippen molar-refractivity contribution in [2.24, 2.45) is 13.0 Å². The first-order valence-corrected chi connectivity index (χ1v) is 5.26. The van der Waals surface area contributed by atoms with Gasteiger partial charge in [0.25, 0.3) is 0 Å². The molecule has 1 atom stereocenters. The highest BCUT2D eigenvalue weighted by Gasteiger charge is 2.23. The molecule has 1 heterocycles. The number of aryl methyl sites for hydroxylation is 2. The van der Waals surface area contributed by atoms with Crippen LogP contribution in [-0.2, 0) is 18.3 Å². The summed E-state index contributed by atoms with van der Waals surface area (Å²) in [7, 11) is 1.92. The second kappa shape index (κ2) is 3.95. The molecule has 1 aromatic heterocycles. The van der Waals surface area contributed by atoms with Gasteiger partial charge in [-0.15, -0.1) is 0 Å². The van der Waals surface area contributed by atoms with E-state index in [0.717, 1.165) is 32.1 Å². The molecule has 3 heteroatoms. The fraction of sp³-hybridized carbons (Fsp3) is 0.636. The van der Waals surface area contributed by atoms with E-state index in [0.29, 0.717) is 11.7 Å². The zero-order valence-corrected chi connectivity index (χ0v) is 8.57. The zero-order valence-electron chi connectivity index (χ0n) is 8.57. The minimum absolute atomic E-state index is 0.329. The lowest BCUT2D eigenvalue weighted by Crippen LogP contribution is -2.06. The number of carbonyl (C=O) groups is 1. The van der Waals surface area contributed by atoms with Gasteiger partial charge in [0, 0.05) is 25.6 Å². The second-order valence-electron chi connectivity index (χ2n) is 4.12. The van der Waals surface area contributed by atoms with Gasteiger partial charge >= 0.3 is 0 Å². The number of ketones is 1. The molecule has 0 N–H and O–H groups in total. The van der Waals surface area contributed by atoms with E-state index < -0.39 is 0 Å². The summed E-state index contributed by atoms with van der Waals surface area (Å²) in [6.45, 7) is 0. The third kappa shape index (κ3) is 2.03. The van der Waals surface area contributed by atoms with Gasteiger partial charge in [-0.1, -0.05) is 0 Å². The largest absolute Gasteiger partial charge is 0.299 e. The van der Waals surface area contributed by atoms with Crippen LogP contribution in [0.3, 0.4) is 0 Å². The molecule has 14 heavy (non-hydrogen) atoms. The Balaban J connectivity index is 1.85. The first kappa shape index (κ1) is 9.44. The van der Waals surface area contributed by atoms with Gasteiger partial charge in [0.2, 0.25) is 0 Å². The Morgan fingerprint density at radius 2 is 2.50 bits per heavy atom. The van der Waals surface area contributed by atoms with Crippen molar-refractivity contribution in [3.05, 3.63) is 18.0 Å². The first-order chi connectivity index (χ1) is 6.75. The molecule has 1 unspecified atom stereocenters. The predicted molar refractivity (Wildman–Crippen MR) is 53.9 cm³/mol. The molecule has 1 saturated carbocycles. The molecule has 0 spiro atoms. The molecule has 0 aromatic carbocycles. The van der Waals surface area contributed by atoms with Crippen LogP contribution in [0.5, 0.6) is 0 Å². The van der Waals surface area contributed by atoms with E-state index in [4.69, 9.17) is 0 Å². The molecule has 1 aliphatic carbocycles. The zero-order chi connectivity index (χ0) is 9.97. The number of Topliss-reactive ketones (excluding diaryl/α,β-unsaturated/α-hetero) is 1. The van der Waals surface area contributed by atoms with Gasteiger partial charge in [-0.2, -0.15) is 5.10 Å². The highest BCUT2D eigenvalue weighted by atomic mass is 16.1. The van der Waals surface area contributed by atoms with Crippen LogP contribution in [0.1, 0.15) is 31.2 Å². The third-order valence-corrected chi connectivity index (χ3v) is 2.97. The molecule has 0 radical (unpaired) electrons. The third-order valence-electron chi connectivity index (χ3n) is 2.97. The number of nitrogens with zero attached hydrogens (tertiary/aromatic N) is 2. The Bertz CT molecular complexity index is 330. The standard InChI is InChI=1S/C11H16N2O/c1-13-8-9(7-12-13)5-6-10-3-2-4-11(10)14/h7-8,10H,2-6H2,1H3. The van der Waals surface area contributed by atoms with Crippen LogP contribution in [0, 0.1) is 5.92 Å². The highest BCUT2D eigenvalue weighted by molar-refractivity contribution is 5.82. The van der Waals surface area contributed by atoms with E-state index in [-0.39, 0.29) is 0 Å². The van der Waals surface area contributed by atoms with Crippen molar-refractivity contribution in [2.45, 2.75) is 32.1 Å². The summed E-state index contributed by atoms with van der Waals surface area (Å²) in [6.07, 6.45) is 8.90. The SMILES string of the molecule is Cn1cc(CCC2CCCC2=O)cn1. The first-order valence-electron chi connectivity index (χ1n) is 5.26. The maximum atomic E-state index is 11.4. The number of aromatic nitrogens is 2. The van der Waals surface area contributed by atoms with E-state index in [1.54, 1.807) is 0 Å². The maximum absolute atomic E-state index is 11.4. The van der Waals surface area contributed by atoms with Crippen molar-refractivity contribution in [1.29, 1.82) is 0 Å². The van der Waals surface area contributed by atoms with Crippen LogP contribution in [-0.4, -0.2) is 15.6 Å². The molecule has 1 aromatic rings. The molecule has 0 aliphatic heterocycles. The summed E-state index contributed by atoms with van der Waals surface area (Å²) in [5.74, 6) is 0.795. The summed E-state index contributed by atoms with van der Waals surface area (Å²) in [5, 5.41) is 4.11. The predicted octanol–water partition coefficient (Wildman–Crippen LogP) is 1.72. The number of hydrogen-bond acceptors (Lipinski definition) is 2. The van der Waals surface area contributed by atoms with Crippen LogP contribution in [0.25, 0.3) is 0 Å². The fourth-order valence-electron chi connectivity index (χ4n) is 2.14. The average Bonchev–Trinajstić information content (AvgIpc) is 2.72. The minimum Gasteiger partial charge on any atom is -0.299 e. The van der Waals surface area contributed by atoms with Crippen molar-refractivity contribution in [2.75, 3.05) is 0 Å². The van der Waals surface area contributed by atoms with Gasteiger partial charge in [-0.05, 0) is 31.2 Å². The Labute approximate surface area is 84.1 Å². The Kier molecular flexibility index (Phi) is 2.66. The molecule has 0 amide bonds. The van der Waals surface area contributed by atoms with Crippen molar-refractivity contribution < 1.29 is 4.79 Å². The van der Waals surface area contributed by atoms with Crippen LogP contribution in [0.4, 0.5) is 0 Å². The van der Waals surface area contributed by atoms with E-state index in [1.165, 1.54) is 5.56 Å². The van der Waals surface area contributed by atoms with Gasteiger partial charge in [0.1, 0.15) is 5.78 Å². The van der Waals surface area contributed by atoms with Crippen LogP contribution in [0.15, 0.2) is 12.4 Å². The Morgan fingerprint density at radius 1 is 1.64 bits per heavy atom. The second-order valence-corrected chi connectivity index (χ2v) is 4.12. The topological polar surface area (TPSA) is 34.9 Å². The number of hydrogen-bond donors (Lipinski definition) is 0. The summed E-state index contributed by atoms with van der Waals surface area (Å²) in [4.78, 5) is 11.4. The van der Waals surface area contributed by atoms with Gasteiger partial charge in [-0.25, -0.2) is 0 Å². The monoisotopic (exact) mass is 192 g/mol. The highest BCUT2D eigenvalue weighted by Crippen LogP contribution is 2.25. The van der Waals surface area contributed by atoms with Crippen molar-refractivity contribution in [3.63, 3.8) is 0 Å². The molecule has 3 nitrogen and oxygen atoms in total. The Hall–Kier alpha value is -1.12. The van der Waals surface area contributed by atoms with Crippen LogP contribution < -0.4 is 0 Å². The quantitative estimate of drug-likeness (QED) is 0.731. The fourth-order valence-corrected chi connectivity index (χ4v) is 2.14. The van der Waals surface area contributed by atoms with Gasteiger partial charge in [-0.3, -0.25) is 9.48 Å². The van der Waals surface area contributed by atoms with Gasteiger partial charge in [0.05, 0.1) is 6.20 Å². The molecule has 1 aliphatic rings. The smallest absolute Gasteiger partial charge is 0.135 e. The molecule has 0 saturated heterocycles. The number of carbonyl (C=O) groups excluding carboxylic acids is 1. The molecular formula is C11H16N2O. The maximum Gasteiger partial charge on any atom is 0.135 e. The molecule has 2 rings (SSSR count). The molecular weight excluding hydrogens is 176 g/mol. The van der Waals surface area contributed by atoms with Gasteiger partial charge < -0.3 is 0 Å². The van der Waals surface area contributed by atoms with Crippen molar-refractivity contribution >= 4 is 5.78 Å². The van der Waals surface area contributed by atoms with E-state index in [9.17, 15) is 4.79 Å².